The van der Waals surface area contributed by atoms with Gasteiger partial charge in [-0.1, -0.05) is 30.3 Å². The van der Waals surface area contributed by atoms with E-state index in [4.69, 9.17) is 0 Å². The van der Waals surface area contributed by atoms with Gasteiger partial charge in [-0.25, -0.2) is 8.42 Å². The van der Waals surface area contributed by atoms with Gasteiger partial charge in [0.05, 0.1) is 15.5 Å². The minimum Gasteiger partial charge on any atom is -0.368 e. The van der Waals surface area contributed by atoms with Gasteiger partial charge >= 0.3 is 0 Å². The van der Waals surface area contributed by atoms with Crippen LogP contribution in [0, 0.1) is 10.1 Å². The summed E-state index contributed by atoms with van der Waals surface area (Å²) in [5.41, 5.74) is 0.968. The van der Waals surface area contributed by atoms with E-state index in [-0.39, 0.29) is 16.3 Å². The fraction of sp³-hybridized carbons (Fsp3) is 0.200. The highest BCUT2D eigenvalue weighted by atomic mass is 32.2. The number of non-ortho nitro benzene ring substituents is 1. The molecule has 0 aliphatic carbocycles. The fourth-order valence-corrected chi connectivity index (χ4v) is 4.83. The molecule has 2 N–H and O–H groups in total. The van der Waals surface area contributed by atoms with Crippen LogP contribution in [-0.4, -0.2) is 39.5 Å². The predicted molar refractivity (Wildman–Crippen MR) is 113 cm³/mol. The molecule has 0 radical (unpaired) electrons. The molecule has 9 heteroatoms. The van der Waals surface area contributed by atoms with Gasteiger partial charge in [0.2, 0.25) is 0 Å². The van der Waals surface area contributed by atoms with Crippen LogP contribution in [0.4, 0.5) is 17.1 Å². The monoisotopic (exact) mass is 412 g/mol. The number of nitrogens with one attached hydrogen (secondary N) is 2. The average Bonchev–Trinajstić information content (AvgIpc) is 2.73. The maximum absolute atomic E-state index is 13.1. The van der Waals surface area contributed by atoms with E-state index in [1.54, 1.807) is 18.2 Å². The first kappa shape index (κ1) is 19.2. The molecule has 1 aliphatic heterocycles. The van der Waals surface area contributed by atoms with E-state index in [1.807, 2.05) is 18.2 Å². The summed E-state index contributed by atoms with van der Waals surface area (Å²) >= 11 is 0. The molecule has 0 saturated carbocycles. The number of rotatable bonds is 5. The summed E-state index contributed by atoms with van der Waals surface area (Å²) in [5, 5.41) is 15.8. The summed E-state index contributed by atoms with van der Waals surface area (Å²) in [6.45, 7) is 3.45. The van der Waals surface area contributed by atoms with Crippen molar-refractivity contribution in [3.8, 4) is 0 Å². The zero-order valence-corrected chi connectivity index (χ0v) is 16.4. The lowest BCUT2D eigenvalue weighted by Crippen LogP contribution is -2.43. The van der Waals surface area contributed by atoms with Gasteiger partial charge < -0.3 is 10.2 Å². The summed E-state index contributed by atoms with van der Waals surface area (Å²) in [7, 11) is -3.93. The molecule has 0 atom stereocenters. The molecule has 29 heavy (non-hydrogen) atoms. The summed E-state index contributed by atoms with van der Waals surface area (Å²) in [6, 6.07) is 16.3. The zero-order chi connectivity index (χ0) is 20.4. The number of hydrogen-bond acceptors (Lipinski definition) is 6. The van der Waals surface area contributed by atoms with Crippen molar-refractivity contribution in [3.63, 3.8) is 0 Å². The molecule has 0 spiro atoms. The molecule has 0 unspecified atom stereocenters. The summed E-state index contributed by atoms with van der Waals surface area (Å²) in [6.07, 6.45) is 0. The van der Waals surface area contributed by atoms with Crippen LogP contribution < -0.4 is 14.9 Å². The highest BCUT2D eigenvalue weighted by molar-refractivity contribution is 7.93. The molecule has 3 aromatic carbocycles. The highest BCUT2D eigenvalue weighted by Crippen LogP contribution is 2.33. The van der Waals surface area contributed by atoms with Crippen LogP contribution in [0.15, 0.2) is 65.6 Å². The number of hydrogen-bond donors (Lipinski definition) is 2. The van der Waals surface area contributed by atoms with E-state index in [2.05, 4.69) is 14.9 Å². The predicted octanol–water partition coefficient (Wildman–Crippen LogP) is 2.96. The maximum Gasteiger partial charge on any atom is 0.271 e. The second-order valence-electron chi connectivity index (χ2n) is 6.78. The standard InChI is InChI=1S/C20H20N4O4S/c25-24(26)16-5-3-4-15(14-16)22-29(27,28)20-9-8-19(23-12-10-21-11-13-23)17-6-1-2-7-18(17)20/h1-9,14,21-22H,10-13H2. The lowest BCUT2D eigenvalue weighted by molar-refractivity contribution is -0.384. The van der Waals surface area contributed by atoms with Crippen LogP contribution in [-0.2, 0) is 10.0 Å². The molecule has 1 fully saturated rings. The highest BCUT2D eigenvalue weighted by Gasteiger charge is 2.22. The van der Waals surface area contributed by atoms with Gasteiger partial charge in [0.15, 0.2) is 0 Å². The summed E-state index contributed by atoms with van der Waals surface area (Å²) in [5.74, 6) is 0. The summed E-state index contributed by atoms with van der Waals surface area (Å²) in [4.78, 5) is 12.8. The Bertz CT molecular complexity index is 1170. The molecule has 150 valence electrons. The Hall–Kier alpha value is -3.17. The van der Waals surface area contributed by atoms with E-state index in [0.717, 1.165) is 37.3 Å². The van der Waals surface area contributed by atoms with E-state index >= 15 is 0 Å². The molecule has 1 heterocycles. The molecule has 1 saturated heterocycles. The number of nitro groups is 1. The number of benzene rings is 3. The van der Waals surface area contributed by atoms with Gasteiger partial charge in [-0.3, -0.25) is 14.8 Å². The van der Waals surface area contributed by atoms with Gasteiger partial charge in [0, 0.05) is 54.8 Å². The Morgan fingerprint density at radius 2 is 1.69 bits per heavy atom. The Morgan fingerprint density at radius 3 is 2.41 bits per heavy atom. The zero-order valence-electron chi connectivity index (χ0n) is 15.5. The first-order valence-electron chi connectivity index (χ1n) is 9.20. The number of piperazine rings is 1. The number of fused-ring (bicyclic) bond motifs is 1. The second kappa shape index (κ2) is 7.69. The van der Waals surface area contributed by atoms with Crippen LogP contribution in [0.5, 0.6) is 0 Å². The molecule has 0 aromatic heterocycles. The minimum atomic E-state index is -3.93. The van der Waals surface area contributed by atoms with Crippen LogP contribution in [0.1, 0.15) is 0 Å². The van der Waals surface area contributed by atoms with Crippen molar-refractivity contribution in [1.29, 1.82) is 0 Å². The van der Waals surface area contributed by atoms with Crippen molar-refractivity contribution in [3.05, 3.63) is 70.8 Å². The van der Waals surface area contributed by atoms with Crippen molar-refractivity contribution in [2.24, 2.45) is 0 Å². The van der Waals surface area contributed by atoms with Crippen LogP contribution in [0.25, 0.3) is 10.8 Å². The Kier molecular flexibility index (Phi) is 5.08. The maximum atomic E-state index is 13.1. The molecule has 0 amide bonds. The quantitative estimate of drug-likeness (QED) is 0.493. The van der Waals surface area contributed by atoms with Crippen LogP contribution in [0.3, 0.4) is 0 Å². The van der Waals surface area contributed by atoms with Crippen molar-refractivity contribution >= 4 is 37.9 Å². The Labute approximate surface area is 168 Å². The first-order valence-corrected chi connectivity index (χ1v) is 10.7. The summed E-state index contributed by atoms with van der Waals surface area (Å²) < 4.78 is 28.6. The van der Waals surface area contributed by atoms with Gasteiger partial charge in [0.1, 0.15) is 0 Å². The third-order valence-corrected chi connectivity index (χ3v) is 6.36. The third-order valence-electron chi connectivity index (χ3n) is 4.92. The minimum absolute atomic E-state index is 0.137. The Balaban J connectivity index is 1.75. The molecule has 0 bridgehead atoms. The van der Waals surface area contributed by atoms with Crippen LogP contribution >= 0.6 is 0 Å². The van der Waals surface area contributed by atoms with E-state index in [1.165, 1.54) is 24.3 Å². The SMILES string of the molecule is O=[N+]([O-])c1cccc(NS(=O)(=O)c2ccc(N3CCNCC3)c3ccccc23)c1. The normalized spacial score (nSPS) is 14.7. The lowest BCUT2D eigenvalue weighted by Gasteiger charge is -2.30. The number of nitro benzene ring substituents is 1. The largest absolute Gasteiger partial charge is 0.368 e. The first-order chi connectivity index (χ1) is 14.0. The second-order valence-corrected chi connectivity index (χ2v) is 8.43. The molecular weight excluding hydrogens is 392 g/mol. The van der Waals surface area contributed by atoms with Gasteiger partial charge in [-0.2, -0.15) is 0 Å². The van der Waals surface area contributed by atoms with E-state index in [0.29, 0.717) is 5.39 Å². The number of nitrogens with zero attached hydrogens (tertiary/aromatic N) is 2. The number of anilines is 2. The topological polar surface area (TPSA) is 105 Å². The number of sulfonamides is 1. The molecule has 4 rings (SSSR count). The van der Waals surface area contributed by atoms with Crippen LogP contribution in [0.2, 0.25) is 0 Å². The third kappa shape index (κ3) is 3.87. The fourth-order valence-electron chi connectivity index (χ4n) is 3.56. The Morgan fingerprint density at radius 1 is 0.966 bits per heavy atom. The molecular formula is C20H20N4O4S. The smallest absolute Gasteiger partial charge is 0.271 e. The molecule has 8 nitrogen and oxygen atoms in total. The van der Waals surface area contributed by atoms with Crippen molar-refractivity contribution in [2.75, 3.05) is 35.8 Å². The van der Waals surface area contributed by atoms with Gasteiger partial charge in [0.25, 0.3) is 15.7 Å². The van der Waals surface area contributed by atoms with Gasteiger partial charge in [-0.15, -0.1) is 0 Å². The molecule has 1 aliphatic rings. The van der Waals surface area contributed by atoms with Crippen molar-refractivity contribution < 1.29 is 13.3 Å². The lowest BCUT2D eigenvalue weighted by atomic mass is 10.1. The van der Waals surface area contributed by atoms with E-state index < -0.39 is 14.9 Å². The van der Waals surface area contributed by atoms with Gasteiger partial charge in [-0.05, 0) is 18.2 Å². The van der Waals surface area contributed by atoms with Crippen molar-refractivity contribution in [2.45, 2.75) is 4.90 Å². The van der Waals surface area contributed by atoms with Crippen molar-refractivity contribution in [1.82, 2.24) is 5.32 Å². The molecule has 3 aromatic rings. The average molecular weight is 412 g/mol. The van der Waals surface area contributed by atoms with E-state index in [9.17, 15) is 18.5 Å².